The van der Waals surface area contributed by atoms with Crippen LogP contribution in [-0.4, -0.2) is 58.3 Å². The van der Waals surface area contributed by atoms with Gasteiger partial charge in [0.15, 0.2) is 0 Å². The lowest BCUT2D eigenvalue weighted by molar-refractivity contribution is -0.137. The van der Waals surface area contributed by atoms with Gasteiger partial charge in [0.1, 0.15) is 11.4 Å². The number of anilines is 1. The van der Waals surface area contributed by atoms with Crippen LogP contribution in [0.4, 0.5) is 10.6 Å². The molecule has 0 unspecified atom stereocenters. The molecule has 1 fully saturated rings. The maximum atomic E-state index is 13.3. The van der Waals surface area contributed by atoms with E-state index >= 15 is 0 Å². The molecular formula is C29H34N4O4. The van der Waals surface area contributed by atoms with Crippen LogP contribution in [0.2, 0.25) is 0 Å². The van der Waals surface area contributed by atoms with Gasteiger partial charge >= 0.3 is 12.1 Å². The zero-order chi connectivity index (χ0) is 26.4. The van der Waals surface area contributed by atoms with Gasteiger partial charge in [-0.25, -0.2) is 14.6 Å². The van der Waals surface area contributed by atoms with E-state index in [0.29, 0.717) is 25.5 Å². The molecule has 1 aliphatic heterocycles. The molecule has 1 aliphatic rings. The second kappa shape index (κ2) is 11.5. The Balaban J connectivity index is 1.49. The van der Waals surface area contributed by atoms with Crippen molar-refractivity contribution >= 4 is 34.9 Å². The predicted molar refractivity (Wildman–Crippen MR) is 144 cm³/mol. The summed E-state index contributed by atoms with van der Waals surface area (Å²) in [7, 11) is 0. The van der Waals surface area contributed by atoms with E-state index in [9.17, 15) is 9.59 Å². The van der Waals surface area contributed by atoms with Gasteiger partial charge in [-0.2, -0.15) is 0 Å². The third-order valence-electron chi connectivity index (χ3n) is 5.96. The first kappa shape index (κ1) is 26.3. The van der Waals surface area contributed by atoms with Crippen LogP contribution < -0.4 is 4.90 Å². The Kier molecular flexibility index (Phi) is 8.18. The minimum atomic E-state index is -0.634. The minimum Gasteiger partial charge on any atom is -0.463 e. The number of ether oxygens (including phenoxy) is 2. The van der Waals surface area contributed by atoms with Crippen LogP contribution in [0.3, 0.4) is 0 Å². The molecule has 0 saturated carbocycles. The lowest BCUT2D eigenvalue weighted by Crippen LogP contribution is -2.45. The number of amides is 1. The summed E-state index contributed by atoms with van der Waals surface area (Å²) in [5.41, 5.74) is 2.08. The third kappa shape index (κ3) is 7.13. The molecule has 3 aromatic rings. The number of likely N-dealkylation sites (tertiary alicyclic amines) is 1. The first-order chi connectivity index (χ1) is 17.7. The first-order valence-electron chi connectivity index (χ1n) is 12.6. The third-order valence-corrected chi connectivity index (χ3v) is 5.96. The van der Waals surface area contributed by atoms with Crippen LogP contribution in [0, 0.1) is 0 Å². The Labute approximate surface area is 217 Å². The van der Waals surface area contributed by atoms with E-state index in [0.717, 1.165) is 35.1 Å². The molecule has 1 aromatic carbocycles. The van der Waals surface area contributed by atoms with Gasteiger partial charge in [-0.15, -0.1) is 0 Å². The maximum absolute atomic E-state index is 13.3. The Bertz CT molecular complexity index is 1270. The molecule has 0 aliphatic carbocycles. The van der Waals surface area contributed by atoms with Crippen molar-refractivity contribution in [3.63, 3.8) is 0 Å². The van der Waals surface area contributed by atoms with Crippen molar-refractivity contribution in [1.29, 1.82) is 0 Å². The average molecular weight is 503 g/mol. The molecule has 8 heteroatoms. The molecular weight excluding hydrogens is 468 g/mol. The Morgan fingerprint density at radius 1 is 1.14 bits per heavy atom. The van der Waals surface area contributed by atoms with E-state index in [1.807, 2.05) is 45.0 Å². The number of benzene rings is 1. The fourth-order valence-electron chi connectivity index (χ4n) is 4.33. The fourth-order valence-corrected chi connectivity index (χ4v) is 4.33. The lowest BCUT2D eigenvalue weighted by atomic mass is 10.2. The van der Waals surface area contributed by atoms with Gasteiger partial charge in [0, 0.05) is 37.3 Å². The van der Waals surface area contributed by atoms with E-state index in [2.05, 4.69) is 28.1 Å². The van der Waals surface area contributed by atoms with Crippen molar-refractivity contribution in [2.75, 3.05) is 24.6 Å². The zero-order valence-electron chi connectivity index (χ0n) is 21.9. The van der Waals surface area contributed by atoms with Crippen molar-refractivity contribution < 1.29 is 19.1 Å². The van der Waals surface area contributed by atoms with Crippen LogP contribution in [0.25, 0.3) is 17.0 Å². The van der Waals surface area contributed by atoms with Gasteiger partial charge in [-0.05, 0) is 70.0 Å². The summed E-state index contributed by atoms with van der Waals surface area (Å²) in [6.07, 6.45) is 5.00. The standard InChI is InChI=1S/C29H34N4O4/c1-5-36-27(34)15-11-21-10-14-26(30-18-21)33(28(35)37-29(2,3)4)24-16-17-32(20-24)19-23-13-12-22-8-6-7-9-25(22)31-23/h6-15,18,24H,5,16-17,19-20H2,1-4H3/t24-/m1/s1. The lowest BCUT2D eigenvalue weighted by Gasteiger charge is -2.31. The number of fused-ring (bicyclic) bond motifs is 1. The van der Waals surface area contributed by atoms with Gasteiger partial charge in [0.05, 0.1) is 23.9 Å². The molecule has 1 amide bonds. The molecule has 4 rings (SSSR count). The normalized spacial score (nSPS) is 16.3. The second-order valence-electron chi connectivity index (χ2n) is 10.1. The van der Waals surface area contributed by atoms with Crippen LogP contribution in [0.1, 0.15) is 45.4 Å². The highest BCUT2D eigenvalue weighted by molar-refractivity contribution is 5.88. The predicted octanol–water partition coefficient (Wildman–Crippen LogP) is 5.22. The number of aromatic nitrogens is 2. The van der Waals surface area contributed by atoms with E-state index in [1.165, 1.54) is 6.08 Å². The van der Waals surface area contributed by atoms with Crippen LogP contribution in [-0.2, 0) is 20.8 Å². The van der Waals surface area contributed by atoms with Crippen LogP contribution in [0.5, 0.6) is 0 Å². The summed E-state index contributed by atoms with van der Waals surface area (Å²) in [6.45, 7) is 9.86. The van der Waals surface area contributed by atoms with Gasteiger partial charge in [0.2, 0.25) is 0 Å². The van der Waals surface area contributed by atoms with Crippen molar-refractivity contribution in [1.82, 2.24) is 14.9 Å². The second-order valence-corrected chi connectivity index (χ2v) is 10.1. The molecule has 0 spiro atoms. The molecule has 0 N–H and O–H groups in total. The van der Waals surface area contributed by atoms with Crippen LogP contribution in [0.15, 0.2) is 60.8 Å². The molecule has 37 heavy (non-hydrogen) atoms. The SMILES string of the molecule is CCOC(=O)C=Cc1ccc(N(C(=O)OC(C)(C)C)[C@@H]2CCN(Cc3ccc4ccccc4n3)C2)nc1. The van der Waals surface area contributed by atoms with Gasteiger partial charge < -0.3 is 9.47 Å². The minimum absolute atomic E-state index is 0.0938. The summed E-state index contributed by atoms with van der Waals surface area (Å²) >= 11 is 0. The smallest absolute Gasteiger partial charge is 0.416 e. The van der Waals surface area contributed by atoms with Crippen molar-refractivity contribution in [3.05, 3.63) is 72.1 Å². The van der Waals surface area contributed by atoms with Gasteiger partial charge in [-0.1, -0.05) is 24.3 Å². The number of rotatable bonds is 7. The average Bonchev–Trinajstić information content (AvgIpc) is 3.30. The van der Waals surface area contributed by atoms with Crippen molar-refractivity contribution in [2.45, 2.75) is 52.3 Å². The van der Waals surface area contributed by atoms with E-state index < -0.39 is 17.7 Å². The summed E-state index contributed by atoms with van der Waals surface area (Å²) in [4.78, 5) is 38.2. The largest absolute Gasteiger partial charge is 0.463 e. The highest BCUT2D eigenvalue weighted by atomic mass is 16.6. The van der Waals surface area contributed by atoms with Crippen LogP contribution >= 0.6 is 0 Å². The topological polar surface area (TPSA) is 84.9 Å². The summed E-state index contributed by atoms with van der Waals surface area (Å²) < 4.78 is 10.7. The molecule has 1 atom stereocenters. The van der Waals surface area contributed by atoms with Crippen molar-refractivity contribution in [3.8, 4) is 0 Å². The summed E-state index contributed by atoms with van der Waals surface area (Å²) in [5.74, 6) is 0.104. The summed E-state index contributed by atoms with van der Waals surface area (Å²) in [5, 5.41) is 1.12. The molecule has 0 radical (unpaired) electrons. The molecule has 8 nitrogen and oxygen atoms in total. The molecule has 194 valence electrons. The van der Waals surface area contributed by atoms with E-state index in [4.69, 9.17) is 14.5 Å². The van der Waals surface area contributed by atoms with Gasteiger partial charge in [-0.3, -0.25) is 14.8 Å². The zero-order valence-corrected chi connectivity index (χ0v) is 21.9. The molecule has 3 heterocycles. The highest BCUT2D eigenvalue weighted by Gasteiger charge is 2.35. The number of hydrogen-bond donors (Lipinski definition) is 0. The highest BCUT2D eigenvalue weighted by Crippen LogP contribution is 2.26. The number of hydrogen-bond acceptors (Lipinski definition) is 7. The van der Waals surface area contributed by atoms with Crippen molar-refractivity contribution in [2.24, 2.45) is 0 Å². The number of nitrogens with zero attached hydrogens (tertiary/aromatic N) is 4. The summed E-state index contributed by atoms with van der Waals surface area (Å²) in [6, 6.07) is 15.7. The monoisotopic (exact) mass is 502 g/mol. The van der Waals surface area contributed by atoms with E-state index in [1.54, 1.807) is 30.2 Å². The quantitative estimate of drug-likeness (QED) is 0.323. The Hall–Kier alpha value is -3.78. The van der Waals surface area contributed by atoms with E-state index in [-0.39, 0.29) is 6.04 Å². The maximum Gasteiger partial charge on any atom is 0.416 e. The number of esters is 1. The molecule has 2 aromatic heterocycles. The Morgan fingerprint density at radius 3 is 2.68 bits per heavy atom. The van der Waals surface area contributed by atoms with Gasteiger partial charge in [0.25, 0.3) is 0 Å². The first-order valence-corrected chi connectivity index (χ1v) is 12.6. The number of carbonyl (C=O) groups is 2. The molecule has 0 bridgehead atoms. The molecule has 1 saturated heterocycles. The Morgan fingerprint density at radius 2 is 1.95 bits per heavy atom. The number of para-hydroxylation sites is 1. The number of pyridine rings is 2. The fraction of sp³-hybridized carbons (Fsp3) is 0.379. The number of carbonyl (C=O) groups excluding carboxylic acids is 2.